The Kier molecular flexibility index (Phi) is 4.35. The molecule has 0 atom stereocenters. The van der Waals surface area contributed by atoms with E-state index in [1.165, 1.54) is 44.0 Å². The van der Waals surface area contributed by atoms with E-state index in [9.17, 15) is 0 Å². The molecule has 7 aromatic rings. The smallest absolute Gasteiger partial charge is 0.235 e. The number of para-hydroxylation sites is 2. The van der Waals surface area contributed by atoms with E-state index in [4.69, 9.17) is 9.97 Å². The molecular weight excluding hydrogens is 450 g/mol. The average Bonchev–Trinajstić information content (AvgIpc) is 3.21. The maximum absolute atomic E-state index is 5.25. The second kappa shape index (κ2) is 7.87. The standard InChI is InChI=1S/C34H23N3/c1-2-9-22(10-3-1)24-18-17-23-19-20-30-33-27(28(23)21-24)13-8-14-29(33)35-34(36-30)37-31-15-6-4-11-25(31)26-12-5-7-16-32(26)37/h1-18,21H,19-20H2. The van der Waals surface area contributed by atoms with E-state index in [0.717, 1.165) is 41.0 Å². The molecule has 3 nitrogen and oxygen atoms in total. The Balaban J connectivity index is 1.38. The van der Waals surface area contributed by atoms with Gasteiger partial charge >= 0.3 is 0 Å². The number of rotatable bonds is 2. The number of nitrogens with zero attached hydrogens (tertiary/aromatic N) is 3. The molecule has 2 heterocycles. The van der Waals surface area contributed by atoms with Gasteiger partial charge in [0.15, 0.2) is 0 Å². The first-order valence-corrected chi connectivity index (χ1v) is 12.8. The van der Waals surface area contributed by atoms with E-state index in [1.54, 1.807) is 0 Å². The molecule has 0 N–H and O–H groups in total. The zero-order valence-corrected chi connectivity index (χ0v) is 20.2. The van der Waals surface area contributed by atoms with Gasteiger partial charge in [0.25, 0.3) is 0 Å². The average molecular weight is 474 g/mol. The fourth-order valence-electron chi connectivity index (χ4n) is 6.00. The summed E-state index contributed by atoms with van der Waals surface area (Å²) in [5, 5.41) is 3.63. The van der Waals surface area contributed by atoms with Crippen molar-refractivity contribution in [2.45, 2.75) is 12.8 Å². The summed E-state index contributed by atoms with van der Waals surface area (Å²) in [6.07, 6.45) is 1.84. The van der Waals surface area contributed by atoms with Gasteiger partial charge in [0, 0.05) is 16.2 Å². The zero-order valence-electron chi connectivity index (χ0n) is 20.2. The van der Waals surface area contributed by atoms with Gasteiger partial charge in [-0.1, -0.05) is 91.0 Å². The topological polar surface area (TPSA) is 30.7 Å². The molecule has 0 unspecified atom stereocenters. The van der Waals surface area contributed by atoms with Crippen molar-refractivity contribution in [3.05, 3.63) is 127 Å². The van der Waals surface area contributed by atoms with Crippen LogP contribution in [-0.4, -0.2) is 14.5 Å². The third kappa shape index (κ3) is 3.07. The molecule has 1 aliphatic carbocycles. The van der Waals surface area contributed by atoms with Gasteiger partial charge in [-0.15, -0.1) is 0 Å². The molecular formula is C34H23N3. The van der Waals surface area contributed by atoms with Crippen LogP contribution in [0.1, 0.15) is 11.3 Å². The van der Waals surface area contributed by atoms with Gasteiger partial charge in [-0.05, 0) is 64.9 Å². The van der Waals surface area contributed by atoms with E-state index in [2.05, 4.69) is 120 Å². The molecule has 3 heteroatoms. The number of hydrogen-bond donors (Lipinski definition) is 0. The van der Waals surface area contributed by atoms with Gasteiger partial charge in [-0.2, -0.15) is 0 Å². The predicted octanol–water partition coefficient (Wildman–Crippen LogP) is 8.16. The zero-order chi connectivity index (χ0) is 24.3. The van der Waals surface area contributed by atoms with Crippen molar-refractivity contribution >= 4 is 32.7 Å². The number of aryl methyl sites for hydroxylation is 2. The maximum atomic E-state index is 5.25. The number of hydrogen-bond acceptors (Lipinski definition) is 2. The second-order valence-electron chi connectivity index (χ2n) is 9.78. The highest BCUT2D eigenvalue weighted by Gasteiger charge is 2.21. The Morgan fingerprint density at radius 3 is 2.05 bits per heavy atom. The van der Waals surface area contributed by atoms with Gasteiger partial charge < -0.3 is 0 Å². The van der Waals surface area contributed by atoms with Crippen LogP contribution in [0, 0.1) is 0 Å². The molecule has 174 valence electrons. The molecule has 0 fully saturated rings. The number of benzene rings is 5. The third-order valence-electron chi connectivity index (χ3n) is 7.70. The summed E-state index contributed by atoms with van der Waals surface area (Å²) in [4.78, 5) is 10.4. The molecule has 8 rings (SSSR count). The minimum absolute atomic E-state index is 0.744. The fourth-order valence-corrected chi connectivity index (χ4v) is 6.00. The van der Waals surface area contributed by atoms with Gasteiger partial charge in [0.1, 0.15) is 0 Å². The summed E-state index contributed by atoms with van der Waals surface area (Å²) in [6.45, 7) is 0. The van der Waals surface area contributed by atoms with Crippen LogP contribution in [0.3, 0.4) is 0 Å². The van der Waals surface area contributed by atoms with Crippen LogP contribution in [0.5, 0.6) is 0 Å². The Morgan fingerprint density at radius 2 is 1.27 bits per heavy atom. The molecule has 37 heavy (non-hydrogen) atoms. The quantitative estimate of drug-likeness (QED) is 0.254. The van der Waals surface area contributed by atoms with Gasteiger partial charge in [0.05, 0.1) is 22.2 Å². The summed E-state index contributed by atoms with van der Waals surface area (Å²) in [5.74, 6) is 0.744. The summed E-state index contributed by atoms with van der Waals surface area (Å²) >= 11 is 0. The Bertz CT molecular complexity index is 1930. The van der Waals surface area contributed by atoms with E-state index in [0.29, 0.717) is 0 Å². The van der Waals surface area contributed by atoms with Gasteiger partial charge in [0.2, 0.25) is 5.95 Å². The Morgan fingerprint density at radius 1 is 0.541 bits per heavy atom. The number of fused-ring (bicyclic) bond motifs is 5. The highest BCUT2D eigenvalue weighted by molar-refractivity contribution is 6.09. The van der Waals surface area contributed by atoms with Crippen molar-refractivity contribution in [3.8, 4) is 28.2 Å². The molecule has 1 aliphatic rings. The SMILES string of the molecule is c1ccc(-c2ccc3c(c2)-c2cccc4nc(-n5c6ccccc6c6ccccc65)nc(c24)CC3)cc1. The summed E-state index contributed by atoms with van der Waals surface area (Å²) in [5.41, 5.74) is 10.7. The first kappa shape index (κ1) is 20.4. The molecule has 5 aromatic carbocycles. The lowest BCUT2D eigenvalue weighted by Gasteiger charge is -2.13. The highest BCUT2D eigenvalue weighted by atomic mass is 15.2. The predicted molar refractivity (Wildman–Crippen MR) is 152 cm³/mol. The Labute approximate surface area is 214 Å². The van der Waals surface area contributed by atoms with Crippen LogP contribution in [0.2, 0.25) is 0 Å². The van der Waals surface area contributed by atoms with E-state index in [1.807, 2.05) is 0 Å². The molecule has 2 aromatic heterocycles. The minimum atomic E-state index is 0.744. The maximum Gasteiger partial charge on any atom is 0.235 e. The van der Waals surface area contributed by atoms with Crippen LogP contribution in [0.15, 0.2) is 115 Å². The van der Waals surface area contributed by atoms with Gasteiger partial charge in [-0.25, -0.2) is 9.97 Å². The number of aromatic nitrogens is 3. The van der Waals surface area contributed by atoms with E-state index >= 15 is 0 Å². The van der Waals surface area contributed by atoms with Crippen LogP contribution in [0.25, 0.3) is 60.9 Å². The first-order chi connectivity index (χ1) is 18.3. The van der Waals surface area contributed by atoms with E-state index < -0.39 is 0 Å². The monoisotopic (exact) mass is 473 g/mol. The second-order valence-corrected chi connectivity index (χ2v) is 9.78. The lowest BCUT2D eigenvalue weighted by atomic mass is 9.93. The largest absolute Gasteiger partial charge is 0.278 e. The van der Waals surface area contributed by atoms with Crippen molar-refractivity contribution in [2.75, 3.05) is 0 Å². The molecule has 0 aliphatic heterocycles. The van der Waals surface area contributed by atoms with E-state index in [-0.39, 0.29) is 0 Å². The summed E-state index contributed by atoms with van der Waals surface area (Å²) in [6, 6.07) is 41.1. The first-order valence-electron chi connectivity index (χ1n) is 12.8. The van der Waals surface area contributed by atoms with Crippen molar-refractivity contribution in [1.82, 2.24) is 14.5 Å². The van der Waals surface area contributed by atoms with Gasteiger partial charge in [-0.3, -0.25) is 4.57 Å². The van der Waals surface area contributed by atoms with Crippen LogP contribution in [0.4, 0.5) is 0 Å². The minimum Gasteiger partial charge on any atom is -0.278 e. The molecule has 0 radical (unpaired) electrons. The van der Waals surface area contributed by atoms with Crippen molar-refractivity contribution < 1.29 is 0 Å². The Hall–Kier alpha value is -4.76. The normalized spacial score (nSPS) is 12.6. The molecule has 0 amide bonds. The van der Waals surface area contributed by atoms with Crippen LogP contribution < -0.4 is 0 Å². The molecule has 0 bridgehead atoms. The summed E-state index contributed by atoms with van der Waals surface area (Å²) in [7, 11) is 0. The van der Waals surface area contributed by atoms with Crippen molar-refractivity contribution in [2.24, 2.45) is 0 Å². The molecule has 0 saturated carbocycles. The third-order valence-corrected chi connectivity index (χ3v) is 7.70. The van der Waals surface area contributed by atoms with Crippen molar-refractivity contribution in [1.29, 1.82) is 0 Å². The molecule has 0 spiro atoms. The van der Waals surface area contributed by atoms with Crippen LogP contribution in [-0.2, 0) is 12.8 Å². The fraction of sp³-hybridized carbons (Fsp3) is 0.0588. The van der Waals surface area contributed by atoms with Crippen molar-refractivity contribution in [3.63, 3.8) is 0 Å². The van der Waals surface area contributed by atoms with Crippen LogP contribution >= 0.6 is 0 Å². The summed E-state index contributed by atoms with van der Waals surface area (Å²) < 4.78 is 2.22. The lowest BCUT2D eigenvalue weighted by molar-refractivity contribution is 0.898. The lowest BCUT2D eigenvalue weighted by Crippen LogP contribution is -2.05. The highest BCUT2D eigenvalue weighted by Crippen LogP contribution is 2.39. The molecule has 0 saturated heterocycles.